The van der Waals surface area contributed by atoms with Gasteiger partial charge in [0.15, 0.2) is 23.1 Å². The number of anilines is 2. The van der Waals surface area contributed by atoms with Gasteiger partial charge in [0.2, 0.25) is 11.8 Å². The average molecular weight is 642 g/mol. The molecule has 1 aliphatic rings. The molecule has 2 amide bonds. The van der Waals surface area contributed by atoms with Crippen molar-refractivity contribution in [2.24, 2.45) is 5.41 Å². The Labute approximate surface area is 281 Å². The predicted molar refractivity (Wildman–Crippen MR) is 164 cm³/mol. The largest absolute Gasteiger partial charge is 1.00 e. The first kappa shape index (κ1) is 34.6. The zero-order chi connectivity index (χ0) is 32.0. The summed E-state index contributed by atoms with van der Waals surface area (Å²) in [5.74, 6) is -1.68. The second kappa shape index (κ2) is 15.3. The first-order chi connectivity index (χ1) is 21.7. The molecule has 0 atom stereocenters. The number of unbranched alkanes of at least 4 members (excludes halogenated alkanes) is 2. The first-order valence-electron chi connectivity index (χ1n) is 14.3. The molecule has 2 N–H and O–H groups in total. The molecule has 0 unspecified atom stereocenters. The Morgan fingerprint density at radius 3 is 2.30 bits per heavy atom. The van der Waals surface area contributed by atoms with E-state index in [0.29, 0.717) is 77.6 Å². The maximum absolute atomic E-state index is 15.2. The number of pyridine rings is 1. The molecular formula is C33H30ClFLiN3O7. The molecule has 5 rings (SSSR count). The summed E-state index contributed by atoms with van der Waals surface area (Å²) in [5.41, 5.74) is -0.0687. The number of amides is 2. The molecule has 0 saturated heterocycles. The number of fused-ring (bicyclic) bond motifs is 1. The van der Waals surface area contributed by atoms with Crippen molar-refractivity contribution in [2.45, 2.75) is 38.5 Å². The third-order valence-electron chi connectivity index (χ3n) is 7.38. The molecule has 4 aromatic rings. The number of benzene rings is 3. The number of aromatic nitrogens is 1. The van der Waals surface area contributed by atoms with Crippen molar-refractivity contribution in [1.82, 2.24) is 4.98 Å². The van der Waals surface area contributed by atoms with Gasteiger partial charge in [0, 0.05) is 46.1 Å². The summed E-state index contributed by atoms with van der Waals surface area (Å²) in [6.07, 6.45) is 4.09. The third kappa shape index (κ3) is 8.29. The van der Waals surface area contributed by atoms with Gasteiger partial charge in [-0.3, -0.25) is 14.6 Å². The predicted octanol–water partition coefficient (Wildman–Crippen LogP) is 2.88. The van der Waals surface area contributed by atoms with E-state index in [1.165, 1.54) is 25.4 Å². The summed E-state index contributed by atoms with van der Waals surface area (Å²) < 4.78 is 32.4. The van der Waals surface area contributed by atoms with E-state index in [-0.39, 0.29) is 36.7 Å². The van der Waals surface area contributed by atoms with Gasteiger partial charge < -0.3 is 34.7 Å². The molecule has 1 fully saturated rings. The van der Waals surface area contributed by atoms with Crippen molar-refractivity contribution >= 4 is 51.7 Å². The van der Waals surface area contributed by atoms with Crippen molar-refractivity contribution < 1.29 is 57.0 Å². The van der Waals surface area contributed by atoms with Crippen molar-refractivity contribution in [2.75, 3.05) is 24.4 Å². The van der Waals surface area contributed by atoms with Gasteiger partial charge in [-0.2, -0.15) is 0 Å². The SMILES string of the molecule is COc1cc2c(Oc3ccc(NC(=O)C4(C(=O)Nc5cccc(Cl)c5)CC4)cc3F)ccnc2cc1OCCCCCC(=O)[O-].[Li+]. The molecule has 0 bridgehead atoms. The van der Waals surface area contributed by atoms with Gasteiger partial charge in [-0.1, -0.05) is 17.7 Å². The van der Waals surface area contributed by atoms with Crippen LogP contribution in [0.5, 0.6) is 23.0 Å². The Balaban J connectivity index is 0.00000480. The maximum Gasteiger partial charge on any atom is 1.00 e. The van der Waals surface area contributed by atoms with Crippen molar-refractivity contribution in [3.8, 4) is 23.0 Å². The maximum atomic E-state index is 15.2. The number of rotatable bonds is 14. The molecule has 0 radical (unpaired) electrons. The minimum absolute atomic E-state index is 0. The summed E-state index contributed by atoms with van der Waals surface area (Å²) in [7, 11) is 1.49. The molecule has 234 valence electrons. The first-order valence-corrected chi connectivity index (χ1v) is 14.7. The summed E-state index contributed by atoms with van der Waals surface area (Å²) >= 11 is 5.99. The van der Waals surface area contributed by atoms with E-state index in [4.69, 9.17) is 25.8 Å². The van der Waals surface area contributed by atoms with Gasteiger partial charge in [0.05, 0.1) is 19.2 Å². The summed E-state index contributed by atoms with van der Waals surface area (Å²) in [6, 6.07) is 15.6. The second-order valence-electron chi connectivity index (χ2n) is 10.6. The van der Waals surface area contributed by atoms with Gasteiger partial charge in [0.1, 0.15) is 11.2 Å². The quantitative estimate of drug-likeness (QED) is 0.122. The molecule has 1 aromatic heterocycles. The monoisotopic (exact) mass is 641 g/mol. The number of ether oxygens (including phenoxy) is 3. The van der Waals surface area contributed by atoms with Crippen molar-refractivity contribution in [1.29, 1.82) is 0 Å². The van der Waals surface area contributed by atoms with Crippen LogP contribution in [-0.4, -0.2) is 36.5 Å². The average Bonchev–Trinajstić information content (AvgIpc) is 3.82. The molecule has 13 heteroatoms. The molecule has 3 aromatic carbocycles. The van der Waals surface area contributed by atoms with E-state index < -0.39 is 29.0 Å². The second-order valence-corrected chi connectivity index (χ2v) is 11.0. The number of methoxy groups -OCH3 is 1. The van der Waals surface area contributed by atoms with Crippen LogP contribution in [0.1, 0.15) is 38.5 Å². The molecule has 1 heterocycles. The molecule has 0 spiro atoms. The van der Waals surface area contributed by atoms with Crippen molar-refractivity contribution in [3.05, 3.63) is 77.7 Å². The number of carbonyl (C=O) groups excluding carboxylic acids is 3. The van der Waals surface area contributed by atoms with E-state index in [9.17, 15) is 19.5 Å². The summed E-state index contributed by atoms with van der Waals surface area (Å²) in [4.78, 5) is 40.9. The Kier molecular flexibility index (Phi) is 11.5. The number of hydrogen-bond donors (Lipinski definition) is 2. The molecule has 1 aliphatic carbocycles. The molecule has 46 heavy (non-hydrogen) atoms. The van der Waals surface area contributed by atoms with Crippen LogP contribution in [0.3, 0.4) is 0 Å². The number of carbonyl (C=O) groups is 3. The minimum atomic E-state index is -1.25. The fourth-order valence-corrected chi connectivity index (χ4v) is 4.94. The number of hydrogen-bond acceptors (Lipinski definition) is 8. The number of aliphatic carboxylic acids is 1. The van der Waals surface area contributed by atoms with Gasteiger partial charge in [0.25, 0.3) is 0 Å². The number of nitrogens with one attached hydrogen (secondary N) is 2. The van der Waals surface area contributed by atoms with E-state index in [1.807, 2.05) is 0 Å². The Morgan fingerprint density at radius 1 is 0.913 bits per heavy atom. The Morgan fingerprint density at radius 2 is 1.65 bits per heavy atom. The van der Waals surface area contributed by atoms with E-state index in [2.05, 4.69) is 15.6 Å². The van der Waals surface area contributed by atoms with Gasteiger partial charge >= 0.3 is 18.9 Å². The van der Waals surface area contributed by atoms with Crippen LogP contribution in [0.2, 0.25) is 5.02 Å². The summed E-state index contributed by atoms with van der Waals surface area (Å²) in [5, 5.41) is 16.9. The number of nitrogens with zero attached hydrogens (tertiary/aromatic N) is 1. The number of carboxylic acids is 1. The van der Waals surface area contributed by atoms with E-state index >= 15 is 4.39 Å². The van der Waals surface area contributed by atoms with Gasteiger partial charge in [-0.05, 0) is 81.0 Å². The number of halogens is 2. The van der Waals surface area contributed by atoms with Crippen LogP contribution in [0.25, 0.3) is 10.9 Å². The van der Waals surface area contributed by atoms with Crippen LogP contribution in [0, 0.1) is 11.2 Å². The number of carboxylic acid groups (broad SMARTS) is 1. The zero-order valence-corrected chi connectivity index (χ0v) is 26.1. The van der Waals surface area contributed by atoms with E-state index in [0.717, 1.165) is 6.07 Å². The molecule has 0 aliphatic heterocycles. The van der Waals surface area contributed by atoms with Crippen LogP contribution in [0.4, 0.5) is 15.8 Å². The van der Waals surface area contributed by atoms with Crippen LogP contribution < -0.4 is 48.8 Å². The molecular weight excluding hydrogens is 612 g/mol. The van der Waals surface area contributed by atoms with Crippen LogP contribution in [0.15, 0.2) is 66.9 Å². The van der Waals surface area contributed by atoms with E-state index in [1.54, 1.807) is 42.5 Å². The standard InChI is InChI=1S/C33H31ClFN3O7.Li/c1-43-28-18-23-25(19-29(28)44-15-4-2-3-8-30(39)40)36-14-11-26(23)45-27-10-9-22(17-24(27)35)38-32(42)33(12-13-33)31(41)37-21-7-5-6-20(34)16-21;/h5-7,9-11,14,16-19H,2-4,8,12-13,15H2,1H3,(H,37,41)(H,38,42)(H,39,40);/q;+1/p-1. The van der Waals surface area contributed by atoms with Gasteiger partial charge in [-0.25, -0.2) is 4.39 Å². The zero-order valence-electron chi connectivity index (χ0n) is 25.4. The van der Waals surface area contributed by atoms with Crippen LogP contribution in [-0.2, 0) is 14.4 Å². The third-order valence-corrected chi connectivity index (χ3v) is 7.62. The van der Waals surface area contributed by atoms with Crippen LogP contribution >= 0.6 is 11.6 Å². The molecule has 1 saturated carbocycles. The summed E-state index contributed by atoms with van der Waals surface area (Å²) in [6.45, 7) is 0.354. The van der Waals surface area contributed by atoms with Crippen molar-refractivity contribution in [3.63, 3.8) is 0 Å². The molecule has 10 nitrogen and oxygen atoms in total. The Hall–Kier alpha value is -4.30. The normalized spacial score (nSPS) is 12.8. The fourth-order valence-electron chi connectivity index (χ4n) is 4.75. The Bertz CT molecular complexity index is 1750. The fraction of sp³-hybridized carbons (Fsp3) is 0.273. The topological polar surface area (TPSA) is 139 Å². The minimum Gasteiger partial charge on any atom is -0.550 e. The van der Waals surface area contributed by atoms with Gasteiger partial charge in [-0.15, -0.1) is 0 Å². The smallest absolute Gasteiger partial charge is 0.550 e.